The first-order valence-electron chi connectivity index (χ1n) is 8.56. The van der Waals surface area contributed by atoms with Crippen molar-refractivity contribution in [3.05, 3.63) is 57.8 Å². The lowest BCUT2D eigenvalue weighted by Crippen LogP contribution is -2.25. The molecule has 0 saturated heterocycles. The van der Waals surface area contributed by atoms with E-state index in [2.05, 4.69) is 27.6 Å². The number of aryl methyl sites for hydroxylation is 2. The minimum Gasteiger partial charge on any atom is -0.352 e. The van der Waals surface area contributed by atoms with Crippen LogP contribution in [-0.4, -0.2) is 33.1 Å². The number of carbonyl (C=O) groups is 2. The van der Waals surface area contributed by atoms with E-state index in [1.54, 1.807) is 40.5 Å². The zero-order valence-corrected chi connectivity index (χ0v) is 16.3. The molecule has 2 amide bonds. The fourth-order valence-corrected chi connectivity index (χ4v) is 3.46. The third kappa shape index (κ3) is 4.79. The Morgan fingerprint density at radius 3 is 2.56 bits per heavy atom. The summed E-state index contributed by atoms with van der Waals surface area (Å²) in [4.78, 5) is 29.1. The van der Waals surface area contributed by atoms with E-state index in [0.29, 0.717) is 17.8 Å². The molecule has 0 bridgehead atoms. The third-order valence-corrected chi connectivity index (χ3v) is 5.13. The van der Waals surface area contributed by atoms with E-state index in [1.807, 2.05) is 19.1 Å². The SMILES string of the molecule is CC(=O)Nc1cnn(-c2ccc(C(=O)NCCc3nc(C)c(C)s3)cc2)c1. The Bertz CT molecular complexity index is 939. The topological polar surface area (TPSA) is 88.9 Å². The summed E-state index contributed by atoms with van der Waals surface area (Å²) in [5.74, 6) is -0.268. The number of nitrogens with one attached hydrogen (secondary N) is 2. The highest BCUT2D eigenvalue weighted by atomic mass is 32.1. The van der Waals surface area contributed by atoms with Gasteiger partial charge in [-0.2, -0.15) is 5.10 Å². The predicted molar refractivity (Wildman–Crippen MR) is 105 cm³/mol. The number of rotatable bonds is 6. The Morgan fingerprint density at radius 2 is 1.93 bits per heavy atom. The van der Waals surface area contributed by atoms with E-state index in [1.165, 1.54) is 11.8 Å². The van der Waals surface area contributed by atoms with E-state index in [4.69, 9.17) is 0 Å². The van der Waals surface area contributed by atoms with Crippen molar-refractivity contribution >= 4 is 28.8 Å². The van der Waals surface area contributed by atoms with E-state index in [-0.39, 0.29) is 11.8 Å². The molecular formula is C19H21N5O2S. The number of amides is 2. The Labute approximate surface area is 161 Å². The number of hydrogen-bond donors (Lipinski definition) is 2. The lowest BCUT2D eigenvalue weighted by atomic mass is 10.2. The van der Waals surface area contributed by atoms with Crippen LogP contribution in [0.3, 0.4) is 0 Å². The number of carbonyl (C=O) groups excluding carboxylic acids is 2. The maximum Gasteiger partial charge on any atom is 0.251 e. The van der Waals surface area contributed by atoms with Crippen molar-refractivity contribution in [2.24, 2.45) is 0 Å². The zero-order chi connectivity index (χ0) is 19.4. The van der Waals surface area contributed by atoms with Crippen LogP contribution in [0.2, 0.25) is 0 Å². The van der Waals surface area contributed by atoms with Crippen LogP contribution in [0.15, 0.2) is 36.7 Å². The molecule has 0 saturated carbocycles. The molecule has 3 aromatic rings. The van der Waals surface area contributed by atoms with Crippen molar-refractivity contribution in [1.29, 1.82) is 0 Å². The van der Waals surface area contributed by atoms with Gasteiger partial charge < -0.3 is 10.6 Å². The molecule has 2 aromatic heterocycles. The van der Waals surface area contributed by atoms with Crippen molar-refractivity contribution in [2.75, 3.05) is 11.9 Å². The van der Waals surface area contributed by atoms with Gasteiger partial charge in [0.25, 0.3) is 5.91 Å². The average Bonchev–Trinajstić information content (AvgIpc) is 3.21. The van der Waals surface area contributed by atoms with Gasteiger partial charge in [-0.15, -0.1) is 11.3 Å². The lowest BCUT2D eigenvalue weighted by Gasteiger charge is -2.06. The Morgan fingerprint density at radius 1 is 1.19 bits per heavy atom. The Balaban J connectivity index is 1.56. The molecule has 7 nitrogen and oxygen atoms in total. The molecule has 0 aliphatic carbocycles. The highest BCUT2D eigenvalue weighted by molar-refractivity contribution is 7.11. The molecule has 140 valence electrons. The lowest BCUT2D eigenvalue weighted by molar-refractivity contribution is -0.114. The Kier molecular flexibility index (Phi) is 5.66. The number of thiazole rings is 1. The standard InChI is InChI=1S/C19H21N5O2S/c1-12-13(2)27-18(22-12)8-9-20-19(26)15-4-6-17(7-5-15)24-11-16(10-21-24)23-14(3)25/h4-7,10-11H,8-9H2,1-3H3,(H,20,26)(H,23,25). The van der Waals surface area contributed by atoms with Gasteiger partial charge in [0.05, 0.1) is 34.5 Å². The van der Waals surface area contributed by atoms with Crippen molar-refractivity contribution < 1.29 is 9.59 Å². The molecular weight excluding hydrogens is 362 g/mol. The molecule has 8 heteroatoms. The van der Waals surface area contributed by atoms with Gasteiger partial charge in [-0.3, -0.25) is 9.59 Å². The minimum absolute atomic E-state index is 0.119. The fraction of sp³-hybridized carbons (Fsp3) is 0.263. The van der Waals surface area contributed by atoms with E-state index < -0.39 is 0 Å². The van der Waals surface area contributed by atoms with Crippen LogP contribution in [0, 0.1) is 13.8 Å². The molecule has 2 N–H and O–H groups in total. The second-order valence-electron chi connectivity index (χ2n) is 6.16. The van der Waals surface area contributed by atoms with Gasteiger partial charge in [0.2, 0.25) is 5.91 Å². The van der Waals surface area contributed by atoms with Crippen LogP contribution < -0.4 is 10.6 Å². The number of benzene rings is 1. The quantitative estimate of drug-likeness (QED) is 0.685. The second-order valence-corrected chi connectivity index (χ2v) is 7.44. The number of nitrogens with zero attached hydrogens (tertiary/aromatic N) is 3. The number of aromatic nitrogens is 3. The normalized spacial score (nSPS) is 10.6. The van der Waals surface area contributed by atoms with Crippen LogP contribution in [0.5, 0.6) is 0 Å². The van der Waals surface area contributed by atoms with E-state index in [0.717, 1.165) is 22.8 Å². The molecule has 1 aromatic carbocycles. The molecule has 0 aliphatic rings. The number of anilines is 1. The summed E-state index contributed by atoms with van der Waals surface area (Å²) in [6.45, 7) is 6.04. The summed E-state index contributed by atoms with van der Waals surface area (Å²) < 4.78 is 1.64. The summed E-state index contributed by atoms with van der Waals surface area (Å²) in [6, 6.07) is 7.13. The van der Waals surface area contributed by atoms with Crippen LogP contribution in [0.4, 0.5) is 5.69 Å². The van der Waals surface area contributed by atoms with E-state index in [9.17, 15) is 9.59 Å². The van der Waals surface area contributed by atoms with Gasteiger partial charge in [0.15, 0.2) is 0 Å². The van der Waals surface area contributed by atoms with Crippen molar-refractivity contribution in [2.45, 2.75) is 27.2 Å². The molecule has 27 heavy (non-hydrogen) atoms. The molecule has 0 fully saturated rings. The highest BCUT2D eigenvalue weighted by Gasteiger charge is 2.08. The number of hydrogen-bond acceptors (Lipinski definition) is 5. The maximum atomic E-state index is 12.3. The summed E-state index contributed by atoms with van der Waals surface area (Å²) in [6.07, 6.45) is 4.01. The molecule has 0 aliphatic heterocycles. The molecule has 0 spiro atoms. The van der Waals surface area contributed by atoms with Gasteiger partial charge in [-0.05, 0) is 38.1 Å². The van der Waals surface area contributed by atoms with Gasteiger partial charge in [-0.1, -0.05) is 0 Å². The first kappa shape index (κ1) is 18.8. The van der Waals surface area contributed by atoms with Crippen LogP contribution in [0.1, 0.15) is 32.9 Å². The second kappa shape index (κ2) is 8.13. The summed E-state index contributed by atoms with van der Waals surface area (Å²) in [5.41, 5.74) is 3.06. The third-order valence-electron chi connectivity index (χ3n) is 3.99. The summed E-state index contributed by atoms with van der Waals surface area (Å²) in [5, 5.41) is 10.8. The first-order chi connectivity index (χ1) is 12.9. The van der Waals surface area contributed by atoms with Gasteiger partial charge in [-0.25, -0.2) is 9.67 Å². The Hall–Kier alpha value is -3.00. The van der Waals surface area contributed by atoms with Crippen molar-refractivity contribution in [3.8, 4) is 5.69 Å². The van der Waals surface area contributed by atoms with Crippen LogP contribution >= 0.6 is 11.3 Å². The van der Waals surface area contributed by atoms with Gasteiger partial charge in [0.1, 0.15) is 0 Å². The van der Waals surface area contributed by atoms with Crippen molar-refractivity contribution in [3.63, 3.8) is 0 Å². The first-order valence-corrected chi connectivity index (χ1v) is 9.38. The van der Waals surface area contributed by atoms with Crippen LogP contribution in [0.25, 0.3) is 5.69 Å². The predicted octanol–water partition coefficient (Wildman–Crippen LogP) is 2.88. The average molecular weight is 383 g/mol. The zero-order valence-electron chi connectivity index (χ0n) is 15.4. The van der Waals surface area contributed by atoms with E-state index >= 15 is 0 Å². The van der Waals surface area contributed by atoms with Gasteiger partial charge in [0, 0.05) is 30.3 Å². The van der Waals surface area contributed by atoms with Crippen LogP contribution in [-0.2, 0) is 11.2 Å². The maximum absolute atomic E-state index is 12.3. The largest absolute Gasteiger partial charge is 0.352 e. The summed E-state index contributed by atoms with van der Waals surface area (Å²) >= 11 is 1.67. The van der Waals surface area contributed by atoms with Crippen molar-refractivity contribution in [1.82, 2.24) is 20.1 Å². The molecule has 2 heterocycles. The molecule has 3 rings (SSSR count). The highest BCUT2D eigenvalue weighted by Crippen LogP contribution is 2.16. The molecule has 0 unspecified atom stereocenters. The molecule has 0 atom stereocenters. The summed E-state index contributed by atoms with van der Waals surface area (Å²) in [7, 11) is 0. The monoisotopic (exact) mass is 383 g/mol. The minimum atomic E-state index is -0.148. The van der Waals surface area contributed by atoms with Gasteiger partial charge >= 0.3 is 0 Å². The molecule has 0 radical (unpaired) electrons. The smallest absolute Gasteiger partial charge is 0.251 e. The fourth-order valence-electron chi connectivity index (χ4n) is 2.53.